The summed E-state index contributed by atoms with van der Waals surface area (Å²) in [6.45, 7) is 4.15. The Balaban J connectivity index is 1.76. The van der Waals surface area contributed by atoms with Gasteiger partial charge in [0.1, 0.15) is 22.5 Å². The van der Waals surface area contributed by atoms with Crippen molar-refractivity contribution in [3.8, 4) is 11.8 Å². The first kappa shape index (κ1) is 17.7. The Kier molecular flexibility index (Phi) is 5.34. The van der Waals surface area contributed by atoms with Crippen LogP contribution in [0.4, 0.5) is 5.82 Å². The van der Waals surface area contributed by atoms with E-state index in [0.29, 0.717) is 22.9 Å². The molecule has 1 N–H and O–H groups in total. The number of amides is 1. The Morgan fingerprint density at radius 1 is 1.38 bits per heavy atom. The number of pyridine rings is 1. The van der Waals surface area contributed by atoms with Crippen LogP contribution in [0.1, 0.15) is 18.2 Å². The number of nitriles is 1. The van der Waals surface area contributed by atoms with E-state index in [0.717, 1.165) is 16.7 Å². The van der Waals surface area contributed by atoms with Crippen LogP contribution in [0.3, 0.4) is 0 Å². The number of nitrogens with zero attached hydrogens (tertiary/aromatic N) is 4. The molecular weight excluding hydrogens is 354 g/mol. The second-order valence-corrected chi connectivity index (χ2v) is 6.24. The zero-order valence-corrected chi connectivity index (χ0v) is 15.0. The van der Waals surface area contributed by atoms with Gasteiger partial charge in [-0.3, -0.25) is 4.79 Å². The normalized spacial score (nSPS) is 10.5. The molecule has 0 aliphatic rings. The maximum atomic E-state index is 12.0. The zero-order valence-electron chi connectivity index (χ0n) is 14.1. The van der Waals surface area contributed by atoms with Crippen molar-refractivity contribution in [2.24, 2.45) is 0 Å². The highest BCUT2D eigenvalue weighted by Crippen LogP contribution is 2.27. The minimum Gasteiger partial charge on any atom is -0.494 e. The molecule has 0 radical (unpaired) electrons. The van der Waals surface area contributed by atoms with Crippen LogP contribution in [0.5, 0.6) is 5.75 Å². The Morgan fingerprint density at radius 3 is 2.92 bits per heavy atom. The summed E-state index contributed by atoms with van der Waals surface area (Å²) in [5.74, 6) is 0.802. The Hall–Kier alpha value is -3.12. The van der Waals surface area contributed by atoms with E-state index in [1.807, 2.05) is 25.1 Å². The van der Waals surface area contributed by atoms with Crippen molar-refractivity contribution in [2.45, 2.75) is 18.9 Å². The number of carbonyl (C=O) groups excluding carboxylic acids is 1. The van der Waals surface area contributed by atoms with Crippen LogP contribution >= 0.6 is 11.8 Å². The number of benzene rings is 1. The maximum Gasteiger partial charge on any atom is 0.236 e. The fraction of sp³-hybridized carbons (Fsp3) is 0.235. The highest BCUT2D eigenvalue weighted by atomic mass is 32.2. The van der Waals surface area contributed by atoms with Gasteiger partial charge in [0.25, 0.3) is 0 Å². The zero-order chi connectivity index (χ0) is 18.5. The van der Waals surface area contributed by atoms with Gasteiger partial charge in [-0.15, -0.1) is 0 Å². The quantitative estimate of drug-likeness (QED) is 0.660. The Labute approximate surface area is 153 Å². The summed E-state index contributed by atoms with van der Waals surface area (Å²) in [5, 5.41) is 20.5. The number of aryl methyl sites for hydroxylation is 1. The second-order valence-electron chi connectivity index (χ2n) is 5.28. The van der Waals surface area contributed by atoms with Crippen LogP contribution in [-0.4, -0.2) is 33.6 Å². The molecule has 0 fully saturated rings. The number of aromatic nitrogens is 3. The minimum absolute atomic E-state index is 0.0799. The number of nitrogens with one attached hydrogen (secondary N) is 1. The number of hydrogen-bond donors (Lipinski definition) is 1. The van der Waals surface area contributed by atoms with E-state index in [1.165, 1.54) is 11.8 Å². The summed E-state index contributed by atoms with van der Waals surface area (Å²) in [6.07, 6.45) is 0. The topological polar surface area (TPSA) is 114 Å². The monoisotopic (exact) mass is 369 g/mol. The van der Waals surface area contributed by atoms with Crippen LogP contribution in [0.25, 0.3) is 10.9 Å². The maximum absolute atomic E-state index is 12.0. The number of fused-ring (bicyclic) bond motifs is 1. The van der Waals surface area contributed by atoms with Crippen LogP contribution in [0, 0.1) is 18.3 Å². The third-order valence-corrected chi connectivity index (χ3v) is 4.42. The highest BCUT2D eigenvalue weighted by molar-refractivity contribution is 8.00. The van der Waals surface area contributed by atoms with E-state index in [-0.39, 0.29) is 17.5 Å². The molecule has 0 atom stereocenters. The van der Waals surface area contributed by atoms with E-state index in [9.17, 15) is 10.1 Å². The molecular formula is C17H15N5O3S. The van der Waals surface area contributed by atoms with Gasteiger partial charge in [0, 0.05) is 5.39 Å². The number of carbonyl (C=O) groups is 1. The predicted molar refractivity (Wildman–Crippen MR) is 96.0 cm³/mol. The number of hydrogen-bond acceptors (Lipinski definition) is 8. The van der Waals surface area contributed by atoms with Gasteiger partial charge in [0.05, 0.1) is 23.4 Å². The average molecular weight is 369 g/mol. The third kappa shape index (κ3) is 3.92. The van der Waals surface area contributed by atoms with Crippen molar-refractivity contribution in [3.63, 3.8) is 0 Å². The summed E-state index contributed by atoms with van der Waals surface area (Å²) in [4.78, 5) is 16.5. The molecule has 1 aromatic carbocycles. The van der Waals surface area contributed by atoms with Crippen LogP contribution in [-0.2, 0) is 4.79 Å². The summed E-state index contributed by atoms with van der Waals surface area (Å²) < 4.78 is 10.0. The van der Waals surface area contributed by atoms with Crippen molar-refractivity contribution in [1.29, 1.82) is 5.26 Å². The molecule has 1 amide bonds. The van der Waals surface area contributed by atoms with Crippen molar-refractivity contribution in [3.05, 3.63) is 35.5 Å². The first-order chi connectivity index (χ1) is 12.6. The van der Waals surface area contributed by atoms with Gasteiger partial charge in [-0.1, -0.05) is 16.9 Å². The van der Waals surface area contributed by atoms with E-state index in [2.05, 4.69) is 31.3 Å². The number of anilines is 1. The van der Waals surface area contributed by atoms with Crippen molar-refractivity contribution in [1.82, 2.24) is 15.3 Å². The average Bonchev–Trinajstić information content (AvgIpc) is 3.04. The first-order valence-corrected chi connectivity index (χ1v) is 8.78. The molecule has 132 valence electrons. The van der Waals surface area contributed by atoms with E-state index in [4.69, 9.17) is 4.74 Å². The minimum atomic E-state index is -0.286. The largest absolute Gasteiger partial charge is 0.494 e. The second kappa shape index (κ2) is 7.84. The Morgan fingerprint density at radius 2 is 2.23 bits per heavy atom. The summed E-state index contributed by atoms with van der Waals surface area (Å²) in [7, 11) is 0. The van der Waals surface area contributed by atoms with Gasteiger partial charge in [-0.25, -0.2) is 9.61 Å². The standard InChI is InChI=1S/C17H15N5O3S/c1-3-24-13-4-5-14-11(7-13)6-12(8-18)17(19-14)26-9-15(23)20-16-10(2)21-25-22-16/h4-7H,3,9H2,1-2H3,(H,20,22,23). The van der Waals surface area contributed by atoms with Gasteiger partial charge in [0.2, 0.25) is 5.91 Å². The first-order valence-electron chi connectivity index (χ1n) is 7.80. The lowest BCUT2D eigenvalue weighted by atomic mass is 10.1. The lowest BCUT2D eigenvalue weighted by Crippen LogP contribution is -2.15. The van der Waals surface area contributed by atoms with E-state index in [1.54, 1.807) is 13.0 Å². The summed E-state index contributed by atoms with van der Waals surface area (Å²) in [6, 6.07) is 9.37. The molecule has 0 bridgehead atoms. The van der Waals surface area contributed by atoms with Crippen molar-refractivity contribution >= 4 is 34.4 Å². The Bertz CT molecular complexity index is 996. The fourth-order valence-electron chi connectivity index (χ4n) is 2.23. The van der Waals surface area contributed by atoms with Gasteiger partial charge >= 0.3 is 0 Å². The molecule has 9 heteroatoms. The molecule has 26 heavy (non-hydrogen) atoms. The van der Waals surface area contributed by atoms with Gasteiger partial charge in [-0.2, -0.15) is 5.26 Å². The van der Waals surface area contributed by atoms with Gasteiger partial charge in [-0.05, 0) is 43.3 Å². The fourth-order valence-corrected chi connectivity index (χ4v) is 2.99. The summed E-state index contributed by atoms with van der Waals surface area (Å²) in [5.41, 5.74) is 1.63. The van der Waals surface area contributed by atoms with Crippen LogP contribution in [0.15, 0.2) is 33.9 Å². The molecule has 2 aromatic heterocycles. The molecule has 2 heterocycles. The van der Waals surface area contributed by atoms with E-state index < -0.39 is 0 Å². The van der Waals surface area contributed by atoms with Crippen LogP contribution in [0.2, 0.25) is 0 Å². The molecule has 0 spiro atoms. The van der Waals surface area contributed by atoms with Crippen molar-refractivity contribution < 1.29 is 14.2 Å². The van der Waals surface area contributed by atoms with Gasteiger partial charge in [0.15, 0.2) is 5.82 Å². The molecule has 3 rings (SSSR count). The lowest BCUT2D eigenvalue weighted by Gasteiger charge is -2.08. The lowest BCUT2D eigenvalue weighted by molar-refractivity contribution is -0.113. The predicted octanol–water partition coefficient (Wildman–Crippen LogP) is 2.93. The molecule has 0 saturated heterocycles. The van der Waals surface area contributed by atoms with E-state index >= 15 is 0 Å². The SMILES string of the molecule is CCOc1ccc2nc(SCC(=O)Nc3nonc3C)c(C#N)cc2c1. The molecule has 8 nitrogen and oxygen atoms in total. The number of thioether (sulfide) groups is 1. The number of ether oxygens (including phenoxy) is 1. The van der Waals surface area contributed by atoms with Gasteiger partial charge < -0.3 is 10.1 Å². The molecule has 0 saturated carbocycles. The number of rotatable bonds is 6. The van der Waals surface area contributed by atoms with Crippen LogP contribution < -0.4 is 10.1 Å². The third-order valence-electron chi connectivity index (χ3n) is 3.43. The summed E-state index contributed by atoms with van der Waals surface area (Å²) >= 11 is 1.18. The highest BCUT2D eigenvalue weighted by Gasteiger charge is 2.13. The van der Waals surface area contributed by atoms with Crippen molar-refractivity contribution in [2.75, 3.05) is 17.7 Å². The molecule has 0 aliphatic heterocycles. The molecule has 0 unspecified atom stereocenters. The smallest absolute Gasteiger partial charge is 0.236 e. The molecule has 3 aromatic rings. The molecule has 0 aliphatic carbocycles.